The molecule has 0 spiro atoms. The van der Waals surface area contributed by atoms with E-state index < -0.39 is 0 Å². The van der Waals surface area contributed by atoms with Gasteiger partial charge in [0.05, 0.1) is 0 Å². The van der Waals surface area contributed by atoms with Gasteiger partial charge in [0.15, 0.2) is 5.75 Å². The zero-order chi connectivity index (χ0) is 9.97. The van der Waals surface area contributed by atoms with Crippen molar-refractivity contribution in [2.24, 2.45) is 0 Å². The fraction of sp³-hybridized carbons (Fsp3) is 0.167. The largest absolute Gasteiger partial charge is 0.340 e. The molecule has 0 aliphatic heterocycles. The molecule has 0 aliphatic carbocycles. The van der Waals surface area contributed by atoms with E-state index in [9.17, 15) is 0 Å². The van der Waals surface area contributed by atoms with E-state index in [-0.39, 0.29) is 0 Å². The van der Waals surface area contributed by atoms with Crippen LogP contribution in [-0.4, -0.2) is 5.26 Å². The molecule has 0 atom stereocenters. The number of aryl methyl sites for hydroxylation is 1. The number of fused-ring (bicyclic) bond motifs is 1. The van der Waals surface area contributed by atoms with Crippen LogP contribution < -0.4 is 4.89 Å². The van der Waals surface area contributed by atoms with E-state index in [1.165, 1.54) is 5.39 Å². The molecule has 0 saturated heterocycles. The summed E-state index contributed by atoms with van der Waals surface area (Å²) in [7, 11) is 0. The van der Waals surface area contributed by atoms with Gasteiger partial charge in [-0.2, -0.15) is 0 Å². The molecule has 2 nitrogen and oxygen atoms in total. The lowest BCUT2D eigenvalue weighted by atomic mass is 10.0. The summed E-state index contributed by atoms with van der Waals surface area (Å²) in [5.41, 5.74) is 1.05. The second kappa shape index (κ2) is 3.68. The Hall–Kier alpha value is -1.54. The first-order valence-corrected chi connectivity index (χ1v) is 4.69. The van der Waals surface area contributed by atoms with Gasteiger partial charge >= 0.3 is 0 Å². The summed E-state index contributed by atoms with van der Waals surface area (Å²) in [5.74, 6) is 0.547. The molecule has 1 N–H and O–H groups in total. The molecule has 2 aromatic carbocycles. The zero-order valence-electron chi connectivity index (χ0n) is 8.03. The fourth-order valence-electron chi connectivity index (χ4n) is 1.77. The molecule has 0 heterocycles. The molecule has 2 heteroatoms. The second-order valence-corrected chi connectivity index (χ2v) is 3.21. The van der Waals surface area contributed by atoms with Crippen LogP contribution in [0.5, 0.6) is 5.75 Å². The number of hydrogen-bond donors (Lipinski definition) is 1. The predicted octanol–water partition coefficient (Wildman–Crippen LogP) is 3.25. The summed E-state index contributed by atoms with van der Waals surface area (Å²) >= 11 is 0. The summed E-state index contributed by atoms with van der Waals surface area (Å²) in [6, 6.07) is 11.8. The van der Waals surface area contributed by atoms with E-state index in [4.69, 9.17) is 5.26 Å². The normalized spacial score (nSPS) is 10.4. The molecule has 72 valence electrons. The van der Waals surface area contributed by atoms with Crippen molar-refractivity contribution in [1.82, 2.24) is 0 Å². The lowest BCUT2D eigenvalue weighted by molar-refractivity contribution is -0.138. The minimum atomic E-state index is 0.547. The number of benzene rings is 2. The molecule has 0 amide bonds. The van der Waals surface area contributed by atoms with Gasteiger partial charge in [0.2, 0.25) is 0 Å². The SMILES string of the molecule is CCc1c(OO)ccc2ccccc12. The van der Waals surface area contributed by atoms with E-state index in [1.54, 1.807) is 6.07 Å². The molecule has 2 rings (SSSR count). The first-order valence-electron chi connectivity index (χ1n) is 4.69. The first-order chi connectivity index (χ1) is 6.86. The highest BCUT2D eigenvalue weighted by Gasteiger charge is 2.06. The highest BCUT2D eigenvalue weighted by molar-refractivity contribution is 5.87. The Kier molecular flexibility index (Phi) is 2.37. The molecule has 0 fully saturated rings. The van der Waals surface area contributed by atoms with Crippen molar-refractivity contribution >= 4 is 10.8 Å². The minimum Gasteiger partial charge on any atom is -0.340 e. The van der Waals surface area contributed by atoms with E-state index in [1.807, 2.05) is 31.2 Å². The van der Waals surface area contributed by atoms with Crippen LogP contribution >= 0.6 is 0 Å². The van der Waals surface area contributed by atoms with Crippen LogP contribution in [0.4, 0.5) is 0 Å². The Labute approximate surface area is 82.7 Å². The number of hydrogen-bond acceptors (Lipinski definition) is 2. The van der Waals surface area contributed by atoms with Gasteiger partial charge in [0, 0.05) is 5.56 Å². The third kappa shape index (κ3) is 1.34. The van der Waals surface area contributed by atoms with Crippen LogP contribution in [0.15, 0.2) is 36.4 Å². The summed E-state index contributed by atoms with van der Waals surface area (Å²) < 4.78 is 0. The van der Waals surface area contributed by atoms with Crippen molar-refractivity contribution in [3.05, 3.63) is 42.0 Å². The predicted molar refractivity (Wildman–Crippen MR) is 56.6 cm³/mol. The molecular weight excluding hydrogens is 176 g/mol. The molecule has 0 bridgehead atoms. The smallest absolute Gasteiger partial charge is 0.168 e. The Morgan fingerprint density at radius 3 is 2.64 bits per heavy atom. The Balaban J connectivity index is 2.77. The monoisotopic (exact) mass is 188 g/mol. The molecule has 0 unspecified atom stereocenters. The summed E-state index contributed by atoms with van der Waals surface area (Å²) in [6.45, 7) is 2.05. The van der Waals surface area contributed by atoms with Crippen LogP contribution in [0.3, 0.4) is 0 Å². The molecule has 2 aromatic rings. The maximum absolute atomic E-state index is 8.71. The van der Waals surface area contributed by atoms with Crippen molar-refractivity contribution in [1.29, 1.82) is 0 Å². The van der Waals surface area contributed by atoms with Crippen LogP contribution in [0, 0.1) is 0 Å². The van der Waals surface area contributed by atoms with Crippen LogP contribution in [0.25, 0.3) is 10.8 Å². The van der Waals surface area contributed by atoms with Crippen LogP contribution in [0.2, 0.25) is 0 Å². The fourth-order valence-corrected chi connectivity index (χ4v) is 1.77. The molecule has 14 heavy (non-hydrogen) atoms. The average Bonchev–Trinajstić information content (AvgIpc) is 2.27. The maximum atomic E-state index is 8.71. The molecule has 0 aliphatic rings. The van der Waals surface area contributed by atoms with Gasteiger partial charge in [-0.1, -0.05) is 37.3 Å². The average molecular weight is 188 g/mol. The van der Waals surface area contributed by atoms with Crippen LogP contribution in [0.1, 0.15) is 12.5 Å². The highest BCUT2D eigenvalue weighted by atomic mass is 17.1. The van der Waals surface area contributed by atoms with Crippen molar-refractivity contribution in [3.8, 4) is 5.75 Å². The Morgan fingerprint density at radius 1 is 1.14 bits per heavy atom. The van der Waals surface area contributed by atoms with E-state index in [2.05, 4.69) is 11.0 Å². The van der Waals surface area contributed by atoms with Gasteiger partial charge in [-0.3, -0.25) is 0 Å². The second-order valence-electron chi connectivity index (χ2n) is 3.21. The van der Waals surface area contributed by atoms with Crippen molar-refractivity contribution < 1.29 is 10.1 Å². The van der Waals surface area contributed by atoms with Gasteiger partial charge < -0.3 is 4.89 Å². The van der Waals surface area contributed by atoms with E-state index in [0.717, 1.165) is 17.4 Å². The third-order valence-corrected chi connectivity index (χ3v) is 2.45. The molecule has 0 radical (unpaired) electrons. The van der Waals surface area contributed by atoms with Crippen molar-refractivity contribution in [2.45, 2.75) is 13.3 Å². The lowest BCUT2D eigenvalue weighted by Gasteiger charge is -2.07. The standard InChI is InChI=1S/C12H12O2/c1-2-10-11-6-4-3-5-9(11)7-8-12(10)14-13/h3-8,13H,2H2,1H3. The number of rotatable bonds is 2. The van der Waals surface area contributed by atoms with Gasteiger partial charge in [0.25, 0.3) is 0 Å². The molecule has 0 saturated carbocycles. The Morgan fingerprint density at radius 2 is 1.93 bits per heavy atom. The van der Waals surface area contributed by atoms with E-state index >= 15 is 0 Å². The summed E-state index contributed by atoms with van der Waals surface area (Å²) in [6.07, 6.45) is 0.844. The zero-order valence-corrected chi connectivity index (χ0v) is 8.03. The van der Waals surface area contributed by atoms with Gasteiger partial charge in [0.1, 0.15) is 0 Å². The third-order valence-electron chi connectivity index (χ3n) is 2.45. The van der Waals surface area contributed by atoms with Crippen molar-refractivity contribution in [2.75, 3.05) is 0 Å². The topological polar surface area (TPSA) is 29.5 Å². The highest BCUT2D eigenvalue weighted by Crippen LogP contribution is 2.27. The van der Waals surface area contributed by atoms with Gasteiger partial charge in [-0.25, -0.2) is 5.26 Å². The summed E-state index contributed by atoms with van der Waals surface area (Å²) in [5, 5.41) is 11.0. The van der Waals surface area contributed by atoms with Crippen LogP contribution in [-0.2, 0) is 6.42 Å². The quantitative estimate of drug-likeness (QED) is 0.579. The van der Waals surface area contributed by atoms with Gasteiger partial charge in [-0.05, 0) is 23.3 Å². The van der Waals surface area contributed by atoms with E-state index in [0.29, 0.717) is 5.75 Å². The molecule has 0 aromatic heterocycles. The maximum Gasteiger partial charge on any atom is 0.168 e. The summed E-state index contributed by atoms with van der Waals surface area (Å²) in [4.78, 5) is 4.34. The van der Waals surface area contributed by atoms with Crippen molar-refractivity contribution in [3.63, 3.8) is 0 Å². The minimum absolute atomic E-state index is 0.547. The lowest BCUT2D eigenvalue weighted by Crippen LogP contribution is -1.92. The molecular formula is C12H12O2. The Bertz CT molecular complexity index is 449. The first kappa shape index (κ1) is 9.03. The van der Waals surface area contributed by atoms with Gasteiger partial charge in [-0.15, -0.1) is 0 Å².